The number of guanidine groups is 1. The van der Waals surface area contributed by atoms with Crippen molar-refractivity contribution in [1.82, 2.24) is 15.5 Å². The van der Waals surface area contributed by atoms with E-state index in [1.54, 1.807) is 0 Å². The van der Waals surface area contributed by atoms with Crippen molar-refractivity contribution in [3.63, 3.8) is 0 Å². The standard InChI is InChI=1S/C16H28N4S.HI/c1-3-17-16(19-13-15-8-7-14(2)21-15)18-9-12-20-10-5-4-6-11-20;/h7-8H,3-6,9-13H2,1-2H3,(H2,17,18,19);1H. The summed E-state index contributed by atoms with van der Waals surface area (Å²) in [7, 11) is 0. The van der Waals surface area contributed by atoms with Crippen LogP contribution in [0.5, 0.6) is 0 Å². The van der Waals surface area contributed by atoms with Gasteiger partial charge in [0.05, 0.1) is 6.54 Å². The Hall–Kier alpha value is -0.340. The molecule has 22 heavy (non-hydrogen) atoms. The number of nitrogens with one attached hydrogen (secondary N) is 2. The maximum absolute atomic E-state index is 4.67. The Morgan fingerprint density at radius 3 is 2.64 bits per heavy atom. The van der Waals surface area contributed by atoms with Crippen LogP contribution in [0.4, 0.5) is 0 Å². The Morgan fingerprint density at radius 1 is 1.23 bits per heavy atom. The molecule has 2 rings (SSSR count). The van der Waals surface area contributed by atoms with Gasteiger partial charge < -0.3 is 15.5 Å². The van der Waals surface area contributed by atoms with E-state index in [1.807, 2.05) is 11.3 Å². The third kappa shape index (κ3) is 7.28. The molecule has 6 heteroatoms. The van der Waals surface area contributed by atoms with Crippen LogP contribution >= 0.6 is 35.3 Å². The van der Waals surface area contributed by atoms with Gasteiger partial charge in [-0.25, -0.2) is 4.99 Å². The first kappa shape index (κ1) is 19.7. The molecule has 0 spiro atoms. The molecular weight excluding hydrogens is 407 g/mol. The smallest absolute Gasteiger partial charge is 0.191 e. The van der Waals surface area contributed by atoms with E-state index in [9.17, 15) is 0 Å². The summed E-state index contributed by atoms with van der Waals surface area (Å²) in [6.45, 7) is 10.5. The van der Waals surface area contributed by atoms with E-state index in [1.165, 1.54) is 42.1 Å². The Balaban J connectivity index is 0.00000242. The topological polar surface area (TPSA) is 39.7 Å². The quantitative estimate of drug-likeness (QED) is 0.409. The van der Waals surface area contributed by atoms with Gasteiger partial charge in [-0.1, -0.05) is 6.42 Å². The Morgan fingerprint density at radius 2 is 2.00 bits per heavy atom. The lowest BCUT2D eigenvalue weighted by Crippen LogP contribution is -2.42. The average Bonchev–Trinajstić information content (AvgIpc) is 2.91. The number of halogens is 1. The van der Waals surface area contributed by atoms with E-state index >= 15 is 0 Å². The normalized spacial score (nSPS) is 16.2. The summed E-state index contributed by atoms with van der Waals surface area (Å²) in [5.41, 5.74) is 0. The van der Waals surface area contributed by atoms with Crippen LogP contribution in [0.2, 0.25) is 0 Å². The number of likely N-dealkylation sites (tertiary alicyclic amines) is 1. The van der Waals surface area contributed by atoms with Crippen molar-refractivity contribution in [2.24, 2.45) is 4.99 Å². The second-order valence-corrected chi connectivity index (χ2v) is 6.91. The van der Waals surface area contributed by atoms with Crippen molar-refractivity contribution in [2.45, 2.75) is 39.7 Å². The molecule has 0 unspecified atom stereocenters. The summed E-state index contributed by atoms with van der Waals surface area (Å²) in [4.78, 5) is 9.88. The predicted molar refractivity (Wildman–Crippen MR) is 108 cm³/mol. The van der Waals surface area contributed by atoms with Gasteiger partial charge in [-0.15, -0.1) is 35.3 Å². The summed E-state index contributed by atoms with van der Waals surface area (Å²) in [6.07, 6.45) is 4.10. The lowest BCUT2D eigenvalue weighted by Gasteiger charge is -2.26. The van der Waals surface area contributed by atoms with Gasteiger partial charge in [-0.05, 0) is 51.9 Å². The fraction of sp³-hybridized carbons (Fsp3) is 0.688. The fourth-order valence-electron chi connectivity index (χ4n) is 2.58. The van der Waals surface area contributed by atoms with E-state index in [0.29, 0.717) is 0 Å². The number of hydrogen-bond donors (Lipinski definition) is 2. The molecule has 0 aromatic carbocycles. The minimum atomic E-state index is 0. The molecule has 1 saturated heterocycles. The van der Waals surface area contributed by atoms with Gasteiger partial charge in [0, 0.05) is 29.4 Å². The van der Waals surface area contributed by atoms with Gasteiger partial charge >= 0.3 is 0 Å². The van der Waals surface area contributed by atoms with Crippen LogP contribution in [0, 0.1) is 6.92 Å². The maximum atomic E-state index is 4.67. The molecule has 1 aromatic rings. The highest BCUT2D eigenvalue weighted by Crippen LogP contribution is 2.15. The molecule has 4 nitrogen and oxygen atoms in total. The summed E-state index contributed by atoms with van der Waals surface area (Å²) in [6, 6.07) is 4.33. The number of aliphatic imine (C=N–C) groups is 1. The molecule has 1 aromatic heterocycles. The molecule has 1 aliphatic heterocycles. The first-order valence-corrected chi connectivity index (χ1v) is 8.89. The van der Waals surface area contributed by atoms with E-state index in [2.05, 4.69) is 46.5 Å². The first-order chi connectivity index (χ1) is 10.3. The number of hydrogen-bond acceptors (Lipinski definition) is 3. The van der Waals surface area contributed by atoms with Crippen molar-refractivity contribution in [1.29, 1.82) is 0 Å². The lowest BCUT2D eigenvalue weighted by atomic mass is 10.1. The third-order valence-corrected chi connectivity index (χ3v) is 4.69. The summed E-state index contributed by atoms with van der Waals surface area (Å²) in [5, 5.41) is 6.77. The summed E-state index contributed by atoms with van der Waals surface area (Å²) < 4.78 is 0. The minimum Gasteiger partial charge on any atom is -0.357 e. The van der Waals surface area contributed by atoms with E-state index in [0.717, 1.165) is 32.1 Å². The summed E-state index contributed by atoms with van der Waals surface area (Å²) >= 11 is 1.82. The monoisotopic (exact) mass is 436 g/mol. The van der Waals surface area contributed by atoms with Crippen molar-refractivity contribution < 1.29 is 0 Å². The second kappa shape index (κ2) is 11.2. The predicted octanol–water partition coefficient (Wildman–Crippen LogP) is 3.22. The van der Waals surface area contributed by atoms with Crippen LogP contribution in [0.25, 0.3) is 0 Å². The Labute approximate surface area is 155 Å². The number of aryl methyl sites for hydroxylation is 1. The van der Waals surface area contributed by atoms with Gasteiger partial charge in [0.2, 0.25) is 0 Å². The van der Waals surface area contributed by atoms with Crippen LogP contribution in [-0.4, -0.2) is 43.6 Å². The van der Waals surface area contributed by atoms with E-state index < -0.39 is 0 Å². The molecule has 1 fully saturated rings. The number of piperidine rings is 1. The average molecular weight is 436 g/mol. The molecule has 0 atom stereocenters. The highest BCUT2D eigenvalue weighted by atomic mass is 127. The molecule has 0 bridgehead atoms. The fourth-order valence-corrected chi connectivity index (χ4v) is 3.40. The summed E-state index contributed by atoms with van der Waals surface area (Å²) in [5.74, 6) is 0.931. The van der Waals surface area contributed by atoms with Crippen LogP contribution < -0.4 is 10.6 Å². The van der Waals surface area contributed by atoms with Gasteiger partial charge in [0.1, 0.15) is 0 Å². The molecule has 2 heterocycles. The Bertz CT molecular complexity index is 441. The van der Waals surface area contributed by atoms with Gasteiger partial charge in [0.25, 0.3) is 0 Å². The van der Waals surface area contributed by atoms with Crippen LogP contribution in [0.1, 0.15) is 35.9 Å². The highest BCUT2D eigenvalue weighted by Gasteiger charge is 2.09. The van der Waals surface area contributed by atoms with Gasteiger partial charge in [-0.2, -0.15) is 0 Å². The first-order valence-electron chi connectivity index (χ1n) is 8.08. The van der Waals surface area contributed by atoms with Crippen molar-refractivity contribution in [2.75, 3.05) is 32.7 Å². The zero-order valence-electron chi connectivity index (χ0n) is 13.7. The second-order valence-electron chi connectivity index (χ2n) is 5.54. The van der Waals surface area contributed by atoms with E-state index in [4.69, 9.17) is 0 Å². The maximum Gasteiger partial charge on any atom is 0.191 e. The SMILES string of the molecule is CCNC(=NCc1ccc(C)s1)NCCN1CCCCC1.I. The van der Waals surface area contributed by atoms with Crippen molar-refractivity contribution in [3.8, 4) is 0 Å². The molecule has 0 saturated carbocycles. The molecule has 0 aliphatic carbocycles. The van der Waals surface area contributed by atoms with Crippen LogP contribution in [0.15, 0.2) is 17.1 Å². The largest absolute Gasteiger partial charge is 0.357 e. The van der Waals surface area contributed by atoms with Gasteiger partial charge in [-0.3, -0.25) is 0 Å². The zero-order valence-corrected chi connectivity index (χ0v) is 16.9. The third-order valence-electron chi connectivity index (χ3n) is 3.70. The van der Waals surface area contributed by atoms with E-state index in [-0.39, 0.29) is 24.0 Å². The highest BCUT2D eigenvalue weighted by molar-refractivity contribution is 14.0. The molecular formula is C16H29IN4S. The molecule has 0 amide bonds. The van der Waals surface area contributed by atoms with Crippen molar-refractivity contribution in [3.05, 3.63) is 21.9 Å². The zero-order chi connectivity index (χ0) is 14.9. The molecule has 1 aliphatic rings. The van der Waals surface area contributed by atoms with Gasteiger partial charge in [0.15, 0.2) is 5.96 Å². The lowest BCUT2D eigenvalue weighted by molar-refractivity contribution is 0.232. The van der Waals surface area contributed by atoms with Crippen LogP contribution in [0.3, 0.4) is 0 Å². The van der Waals surface area contributed by atoms with Crippen LogP contribution in [-0.2, 0) is 6.54 Å². The van der Waals surface area contributed by atoms with Crippen molar-refractivity contribution >= 4 is 41.3 Å². The number of rotatable bonds is 6. The minimum absolute atomic E-state index is 0. The number of nitrogens with zero attached hydrogens (tertiary/aromatic N) is 2. The Kier molecular flexibility index (Phi) is 10.1. The molecule has 2 N–H and O–H groups in total. The number of thiophene rings is 1. The molecule has 126 valence electrons. The molecule has 0 radical (unpaired) electrons.